The van der Waals surface area contributed by atoms with Crippen molar-refractivity contribution in [2.75, 3.05) is 55.8 Å². The van der Waals surface area contributed by atoms with Gasteiger partial charge in [0.25, 0.3) is 0 Å². The average molecular weight is 425 g/mol. The first kappa shape index (κ1) is 20.4. The van der Waals surface area contributed by atoms with Crippen molar-refractivity contribution in [3.05, 3.63) is 41.8 Å². The Bertz CT molecular complexity index is 862. The molecule has 0 radical (unpaired) electrons. The summed E-state index contributed by atoms with van der Waals surface area (Å²) in [4.78, 5) is 13.9. The maximum atomic E-state index is 12.5. The Morgan fingerprint density at radius 3 is 2.46 bits per heavy atom. The summed E-state index contributed by atoms with van der Waals surface area (Å²) < 4.78 is 31.7. The molecule has 152 valence electrons. The van der Waals surface area contributed by atoms with Crippen LogP contribution in [0.1, 0.15) is 0 Å². The number of thiophene rings is 1. The zero-order valence-electron chi connectivity index (χ0n) is 15.6. The summed E-state index contributed by atoms with van der Waals surface area (Å²) in [6.45, 7) is 2.17. The van der Waals surface area contributed by atoms with Crippen LogP contribution in [-0.2, 0) is 10.0 Å². The molecule has 28 heavy (non-hydrogen) atoms. The Morgan fingerprint density at radius 1 is 1.14 bits per heavy atom. The van der Waals surface area contributed by atoms with Crippen molar-refractivity contribution in [2.24, 2.45) is 0 Å². The fourth-order valence-electron chi connectivity index (χ4n) is 2.95. The number of nitrogens with one attached hydrogen (secondary N) is 2. The molecule has 0 saturated carbocycles. The van der Waals surface area contributed by atoms with Gasteiger partial charge in [0.2, 0.25) is 10.0 Å². The molecule has 1 fully saturated rings. The number of piperazine rings is 1. The molecule has 2 heterocycles. The monoisotopic (exact) mass is 424 g/mol. The number of urea groups is 1. The number of carbonyl (C=O) groups is 1. The standard InChI is InChI=1S/C18H24N4O4S2/c1-26-16-6-4-15(5-7-16)21-9-11-22(12-10-21)28(24,25)14-8-19-18(23)20-17-3-2-13-27-17/h2-7,13H,8-12,14H2,1H3,(H2,19,20,23). The van der Waals surface area contributed by atoms with E-state index in [9.17, 15) is 13.2 Å². The van der Waals surface area contributed by atoms with Gasteiger partial charge in [-0.2, -0.15) is 4.31 Å². The maximum Gasteiger partial charge on any atom is 0.319 e. The quantitative estimate of drug-likeness (QED) is 0.710. The van der Waals surface area contributed by atoms with E-state index >= 15 is 0 Å². The number of ether oxygens (including phenoxy) is 1. The molecule has 1 aliphatic rings. The molecule has 0 bridgehead atoms. The Labute approximate surface area is 169 Å². The van der Waals surface area contributed by atoms with Crippen molar-refractivity contribution in [1.29, 1.82) is 0 Å². The van der Waals surface area contributed by atoms with E-state index in [0.717, 1.165) is 16.4 Å². The Balaban J connectivity index is 1.44. The second kappa shape index (κ2) is 9.26. The number of anilines is 2. The van der Waals surface area contributed by atoms with E-state index in [0.29, 0.717) is 26.2 Å². The Hall–Kier alpha value is -2.30. The first-order valence-corrected chi connectivity index (χ1v) is 11.4. The van der Waals surface area contributed by atoms with Crippen LogP contribution in [0.4, 0.5) is 15.5 Å². The number of hydrogen-bond donors (Lipinski definition) is 2. The van der Waals surface area contributed by atoms with Crippen LogP contribution in [0, 0.1) is 0 Å². The zero-order valence-corrected chi connectivity index (χ0v) is 17.3. The third-order valence-corrected chi connectivity index (χ3v) is 7.13. The normalized spacial score (nSPS) is 15.2. The van der Waals surface area contributed by atoms with Crippen molar-refractivity contribution in [2.45, 2.75) is 0 Å². The van der Waals surface area contributed by atoms with Crippen LogP contribution in [0.2, 0.25) is 0 Å². The van der Waals surface area contributed by atoms with Crippen molar-refractivity contribution in [1.82, 2.24) is 9.62 Å². The molecule has 2 N–H and O–H groups in total. The molecule has 2 aromatic rings. The zero-order chi connectivity index (χ0) is 20.0. The molecule has 3 rings (SSSR count). The summed E-state index contributed by atoms with van der Waals surface area (Å²) >= 11 is 1.40. The number of benzene rings is 1. The highest BCUT2D eigenvalue weighted by molar-refractivity contribution is 7.89. The molecule has 0 atom stereocenters. The molecule has 1 saturated heterocycles. The first-order valence-electron chi connectivity index (χ1n) is 8.93. The average Bonchev–Trinajstić information content (AvgIpc) is 3.21. The van der Waals surface area contributed by atoms with Crippen LogP contribution in [0.25, 0.3) is 0 Å². The second-order valence-corrected chi connectivity index (χ2v) is 9.29. The van der Waals surface area contributed by atoms with Gasteiger partial charge in [-0.25, -0.2) is 13.2 Å². The van der Waals surface area contributed by atoms with Gasteiger partial charge in [-0.1, -0.05) is 0 Å². The maximum absolute atomic E-state index is 12.5. The van der Waals surface area contributed by atoms with Crippen LogP contribution in [0.5, 0.6) is 5.75 Å². The summed E-state index contributed by atoms with van der Waals surface area (Å²) in [5.74, 6) is 0.675. The summed E-state index contributed by atoms with van der Waals surface area (Å²) in [7, 11) is -1.79. The second-order valence-electron chi connectivity index (χ2n) is 6.26. The smallest absolute Gasteiger partial charge is 0.319 e. The van der Waals surface area contributed by atoms with Crippen molar-refractivity contribution < 1.29 is 17.9 Å². The number of sulfonamides is 1. The number of carbonyl (C=O) groups excluding carboxylic acids is 1. The van der Waals surface area contributed by atoms with Crippen LogP contribution >= 0.6 is 11.3 Å². The molecule has 0 unspecified atom stereocenters. The fourth-order valence-corrected chi connectivity index (χ4v) is 4.90. The molecular formula is C18H24N4O4S2. The molecule has 0 spiro atoms. The minimum atomic E-state index is -3.41. The number of rotatable bonds is 7. The lowest BCUT2D eigenvalue weighted by Gasteiger charge is -2.35. The minimum Gasteiger partial charge on any atom is -0.497 e. The lowest BCUT2D eigenvalue weighted by Crippen LogP contribution is -2.50. The van der Waals surface area contributed by atoms with Crippen LogP contribution in [-0.4, -0.2) is 64.3 Å². The van der Waals surface area contributed by atoms with Gasteiger partial charge in [0, 0.05) is 38.4 Å². The van der Waals surface area contributed by atoms with E-state index in [-0.39, 0.29) is 12.3 Å². The molecule has 1 aliphatic heterocycles. The van der Waals surface area contributed by atoms with E-state index < -0.39 is 16.1 Å². The predicted octanol–water partition coefficient (Wildman–Crippen LogP) is 2.03. The predicted molar refractivity (Wildman–Crippen MR) is 112 cm³/mol. The highest BCUT2D eigenvalue weighted by Crippen LogP contribution is 2.21. The van der Waals surface area contributed by atoms with Crippen LogP contribution in [0.15, 0.2) is 41.8 Å². The SMILES string of the molecule is COc1ccc(N2CCN(S(=O)(=O)CCNC(=O)Nc3cccs3)CC2)cc1. The van der Waals surface area contributed by atoms with Gasteiger partial charge in [0.05, 0.1) is 17.9 Å². The van der Waals surface area contributed by atoms with E-state index in [2.05, 4.69) is 15.5 Å². The lowest BCUT2D eigenvalue weighted by molar-refractivity contribution is 0.252. The molecule has 0 aliphatic carbocycles. The molecule has 2 amide bonds. The summed E-state index contributed by atoms with van der Waals surface area (Å²) in [6.07, 6.45) is 0. The Morgan fingerprint density at radius 2 is 1.86 bits per heavy atom. The summed E-state index contributed by atoms with van der Waals surface area (Å²) in [6, 6.07) is 10.9. The third kappa shape index (κ3) is 5.37. The van der Waals surface area contributed by atoms with E-state index in [1.165, 1.54) is 15.6 Å². The minimum absolute atomic E-state index is 0.0677. The van der Waals surface area contributed by atoms with Gasteiger partial charge in [-0.05, 0) is 41.8 Å². The topological polar surface area (TPSA) is 91.0 Å². The highest BCUT2D eigenvalue weighted by atomic mass is 32.2. The number of nitrogens with zero attached hydrogens (tertiary/aromatic N) is 2. The van der Waals surface area contributed by atoms with Gasteiger partial charge in [-0.3, -0.25) is 5.32 Å². The molecule has 1 aromatic carbocycles. The van der Waals surface area contributed by atoms with Crippen molar-refractivity contribution in [3.63, 3.8) is 0 Å². The number of hydrogen-bond acceptors (Lipinski definition) is 6. The Kier molecular flexibility index (Phi) is 6.76. The fraction of sp³-hybridized carbons (Fsp3) is 0.389. The van der Waals surface area contributed by atoms with Gasteiger partial charge >= 0.3 is 6.03 Å². The largest absolute Gasteiger partial charge is 0.497 e. The van der Waals surface area contributed by atoms with Crippen molar-refractivity contribution in [3.8, 4) is 5.75 Å². The molecule has 10 heteroatoms. The molecular weight excluding hydrogens is 400 g/mol. The summed E-state index contributed by atoms with van der Waals surface area (Å²) in [5, 5.41) is 7.82. The van der Waals surface area contributed by atoms with Crippen LogP contribution in [0.3, 0.4) is 0 Å². The first-order chi connectivity index (χ1) is 13.5. The van der Waals surface area contributed by atoms with E-state index in [1.54, 1.807) is 13.2 Å². The lowest BCUT2D eigenvalue weighted by atomic mass is 10.2. The number of amides is 2. The van der Waals surface area contributed by atoms with Gasteiger partial charge < -0.3 is 15.0 Å². The summed E-state index contributed by atoms with van der Waals surface area (Å²) in [5.41, 5.74) is 1.05. The van der Waals surface area contributed by atoms with Gasteiger partial charge in [0.1, 0.15) is 5.75 Å². The van der Waals surface area contributed by atoms with Crippen LogP contribution < -0.4 is 20.3 Å². The van der Waals surface area contributed by atoms with Gasteiger partial charge in [-0.15, -0.1) is 11.3 Å². The van der Waals surface area contributed by atoms with E-state index in [4.69, 9.17) is 4.74 Å². The van der Waals surface area contributed by atoms with Gasteiger partial charge in [0.15, 0.2) is 0 Å². The third-order valence-electron chi connectivity index (χ3n) is 4.47. The van der Waals surface area contributed by atoms with E-state index in [1.807, 2.05) is 35.7 Å². The van der Waals surface area contributed by atoms with Crippen molar-refractivity contribution >= 4 is 38.1 Å². The highest BCUT2D eigenvalue weighted by Gasteiger charge is 2.26. The molecule has 8 nitrogen and oxygen atoms in total. The number of methoxy groups -OCH3 is 1. The molecule has 1 aromatic heterocycles.